The van der Waals surface area contributed by atoms with Gasteiger partial charge < -0.3 is 0 Å². The highest BCUT2D eigenvalue weighted by Gasteiger charge is 2.34. The normalized spacial score (nSPS) is 25.9. The van der Waals surface area contributed by atoms with Crippen molar-refractivity contribution < 1.29 is 0 Å². The van der Waals surface area contributed by atoms with Gasteiger partial charge in [-0.05, 0) is 35.5 Å². The molecule has 1 fully saturated rings. The van der Waals surface area contributed by atoms with Crippen LogP contribution < -0.4 is 0 Å². The number of hydrogen-bond acceptors (Lipinski definition) is 1. The van der Waals surface area contributed by atoms with Gasteiger partial charge in [0.25, 0.3) is 0 Å². The lowest BCUT2D eigenvalue weighted by molar-refractivity contribution is 0.984. The maximum absolute atomic E-state index is 4.12. The fourth-order valence-electron chi connectivity index (χ4n) is 1.89. The molecule has 2 atom stereocenters. The van der Waals surface area contributed by atoms with E-state index in [2.05, 4.69) is 29.3 Å². The van der Waals surface area contributed by atoms with Crippen LogP contribution in [0.1, 0.15) is 25.8 Å². The van der Waals surface area contributed by atoms with Gasteiger partial charge in [-0.3, -0.25) is 4.98 Å². The molecule has 1 nitrogen and oxygen atoms in total. The van der Waals surface area contributed by atoms with Gasteiger partial charge in [0.1, 0.15) is 0 Å². The van der Waals surface area contributed by atoms with Crippen LogP contribution in [0.5, 0.6) is 0 Å². The number of aromatic nitrogens is 1. The topological polar surface area (TPSA) is 12.9 Å². The van der Waals surface area contributed by atoms with Crippen LogP contribution in [0.25, 0.3) is 5.57 Å². The molecule has 0 saturated heterocycles. The minimum Gasteiger partial charge on any atom is -0.264 e. The summed E-state index contributed by atoms with van der Waals surface area (Å²) in [5, 5.41) is 0. The number of fused-ring (bicyclic) bond motifs is 1. The molecule has 2 aliphatic rings. The quantitative estimate of drug-likeness (QED) is 0.672. The van der Waals surface area contributed by atoms with Crippen molar-refractivity contribution in [3.05, 3.63) is 48.3 Å². The smallest absolute Gasteiger partial charge is 0.0346 e. The van der Waals surface area contributed by atoms with Gasteiger partial charge in [-0.1, -0.05) is 38.1 Å². The Balaban J connectivity index is 0.000000404. The van der Waals surface area contributed by atoms with Crippen LogP contribution >= 0.6 is 0 Å². The van der Waals surface area contributed by atoms with Crippen molar-refractivity contribution in [3.63, 3.8) is 0 Å². The fourth-order valence-corrected chi connectivity index (χ4v) is 1.89. The number of rotatable bonds is 1. The second-order valence-corrected chi connectivity index (χ2v) is 3.79. The highest BCUT2D eigenvalue weighted by atomic mass is 14.6. The Hall–Kier alpha value is -1.37. The van der Waals surface area contributed by atoms with Gasteiger partial charge in [-0.25, -0.2) is 0 Å². The molecular weight excluding hydrogens is 182 g/mol. The van der Waals surface area contributed by atoms with Crippen LogP contribution in [0.3, 0.4) is 0 Å². The lowest BCUT2D eigenvalue weighted by Crippen LogP contribution is -1.88. The molecule has 1 heterocycles. The molecule has 0 N–H and O–H groups in total. The van der Waals surface area contributed by atoms with Crippen LogP contribution in [0.15, 0.2) is 42.8 Å². The first-order chi connectivity index (χ1) is 7.43. The maximum atomic E-state index is 4.12. The molecule has 78 valence electrons. The zero-order valence-electron chi connectivity index (χ0n) is 9.35. The van der Waals surface area contributed by atoms with Crippen molar-refractivity contribution in [2.45, 2.75) is 20.3 Å². The second kappa shape index (κ2) is 4.43. The lowest BCUT2D eigenvalue weighted by atomic mass is 10.0. The van der Waals surface area contributed by atoms with Crippen LogP contribution in [0.2, 0.25) is 0 Å². The molecule has 15 heavy (non-hydrogen) atoms. The van der Waals surface area contributed by atoms with E-state index in [0.717, 1.165) is 11.8 Å². The van der Waals surface area contributed by atoms with E-state index < -0.39 is 0 Å². The highest BCUT2D eigenvalue weighted by Crippen LogP contribution is 2.45. The largest absolute Gasteiger partial charge is 0.264 e. The van der Waals surface area contributed by atoms with E-state index in [1.807, 2.05) is 32.3 Å². The second-order valence-electron chi connectivity index (χ2n) is 3.79. The Morgan fingerprint density at radius 2 is 2.13 bits per heavy atom. The third-order valence-electron chi connectivity index (χ3n) is 2.80. The fraction of sp³-hybridized carbons (Fsp3) is 0.357. The van der Waals surface area contributed by atoms with E-state index in [9.17, 15) is 0 Å². The number of nitrogens with zero attached hydrogens (tertiary/aromatic N) is 1. The van der Waals surface area contributed by atoms with Crippen molar-refractivity contribution in [2.24, 2.45) is 11.8 Å². The highest BCUT2D eigenvalue weighted by molar-refractivity contribution is 5.75. The summed E-state index contributed by atoms with van der Waals surface area (Å²) in [6.07, 6.45) is 12.0. The molecule has 0 amide bonds. The third-order valence-corrected chi connectivity index (χ3v) is 2.80. The van der Waals surface area contributed by atoms with Crippen LogP contribution in [-0.2, 0) is 0 Å². The van der Waals surface area contributed by atoms with E-state index in [0.29, 0.717) is 0 Å². The average Bonchev–Trinajstić information content (AvgIpc) is 3.11. The van der Waals surface area contributed by atoms with E-state index in [4.69, 9.17) is 0 Å². The summed E-state index contributed by atoms with van der Waals surface area (Å²) >= 11 is 0. The third kappa shape index (κ3) is 2.17. The summed E-state index contributed by atoms with van der Waals surface area (Å²) in [5.41, 5.74) is 2.58. The molecule has 0 spiro atoms. The molecule has 3 rings (SSSR count). The van der Waals surface area contributed by atoms with Crippen molar-refractivity contribution in [1.29, 1.82) is 0 Å². The SMILES string of the molecule is C1=CC2CC2C=C1c1cccnc1.CC. The summed E-state index contributed by atoms with van der Waals surface area (Å²) in [4.78, 5) is 4.12. The molecular formula is C14H17N. The molecule has 0 aliphatic heterocycles. The van der Waals surface area contributed by atoms with Crippen molar-refractivity contribution in [2.75, 3.05) is 0 Å². The molecule has 1 heteroatoms. The Morgan fingerprint density at radius 3 is 2.80 bits per heavy atom. The number of pyridine rings is 1. The van der Waals surface area contributed by atoms with Gasteiger partial charge in [-0.15, -0.1) is 0 Å². The zero-order valence-corrected chi connectivity index (χ0v) is 9.35. The average molecular weight is 199 g/mol. The Labute approximate surface area is 91.6 Å². The van der Waals surface area contributed by atoms with E-state index in [1.165, 1.54) is 17.6 Å². The van der Waals surface area contributed by atoms with Crippen molar-refractivity contribution >= 4 is 5.57 Å². The van der Waals surface area contributed by atoms with Crippen LogP contribution in [-0.4, -0.2) is 4.98 Å². The summed E-state index contributed by atoms with van der Waals surface area (Å²) in [6.45, 7) is 4.00. The van der Waals surface area contributed by atoms with Gasteiger partial charge in [0.15, 0.2) is 0 Å². The molecule has 0 bridgehead atoms. The molecule has 1 aromatic rings. The maximum Gasteiger partial charge on any atom is 0.0346 e. The first-order valence-electron chi connectivity index (χ1n) is 5.74. The molecule has 2 unspecified atom stereocenters. The zero-order chi connectivity index (χ0) is 10.7. The van der Waals surface area contributed by atoms with Gasteiger partial charge in [-0.2, -0.15) is 0 Å². The van der Waals surface area contributed by atoms with Crippen molar-refractivity contribution in [1.82, 2.24) is 4.98 Å². The Morgan fingerprint density at radius 1 is 1.27 bits per heavy atom. The minimum absolute atomic E-state index is 0.820. The van der Waals surface area contributed by atoms with Gasteiger partial charge in [0.2, 0.25) is 0 Å². The first kappa shape index (κ1) is 10.2. The van der Waals surface area contributed by atoms with Gasteiger partial charge in [0, 0.05) is 12.4 Å². The summed E-state index contributed by atoms with van der Waals surface area (Å²) in [7, 11) is 0. The predicted molar refractivity (Wildman–Crippen MR) is 64.3 cm³/mol. The van der Waals surface area contributed by atoms with Crippen LogP contribution in [0.4, 0.5) is 0 Å². The van der Waals surface area contributed by atoms with Crippen molar-refractivity contribution in [3.8, 4) is 0 Å². The van der Waals surface area contributed by atoms with E-state index >= 15 is 0 Å². The number of allylic oxidation sites excluding steroid dienone is 4. The molecule has 1 aromatic heterocycles. The molecule has 2 aliphatic carbocycles. The van der Waals surface area contributed by atoms with Gasteiger partial charge >= 0.3 is 0 Å². The summed E-state index contributed by atoms with van der Waals surface area (Å²) in [5.74, 6) is 1.67. The van der Waals surface area contributed by atoms with Crippen LogP contribution in [0, 0.1) is 11.8 Å². The van der Waals surface area contributed by atoms with E-state index in [-0.39, 0.29) is 0 Å². The predicted octanol–water partition coefficient (Wildman–Crippen LogP) is 3.70. The lowest BCUT2D eigenvalue weighted by Gasteiger charge is -2.05. The van der Waals surface area contributed by atoms with Gasteiger partial charge in [0.05, 0.1) is 0 Å². The summed E-state index contributed by atoms with van der Waals surface area (Å²) in [6, 6.07) is 4.11. The Bertz CT molecular complexity index is 376. The Kier molecular flexibility index (Phi) is 3.00. The molecule has 1 saturated carbocycles. The first-order valence-corrected chi connectivity index (χ1v) is 5.74. The van der Waals surface area contributed by atoms with E-state index in [1.54, 1.807) is 0 Å². The summed E-state index contributed by atoms with van der Waals surface area (Å²) < 4.78 is 0. The number of hydrogen-bond donors (Lipinski definition) is 0. The monoisotopic (exact) mass is 199 g/mol. The minimum atomic E-state index is 0.820. The molecule has 0 aromatic carbocycles. The standard InChI is InChI=1S/C12H11N.C2H6/c1-2-11(8-13-5-1)9-3-4-10-7-12(10)6-9;1-2/h1-6,8,10,12H,7H2;1-2H3. The molecule has 0 radical (unpaired) electrons.